The highest BCUT2D eigenvalue weighted by molar-refractivity contribution is 8.00. The maximum absolute atomic E-state index is 12.5. The molecule has 0 saturated heterocycles. The Morgan fingerprint density at radius 3 is 2.47 bits per heavy atom. The summed E-state index contributed by atoms with van der Waals surface area (Å²) in [6.45, 7) is 2.01. The molecular formula is C16H23NOS. The van der Waals surface area contributed by atoms with Gasteiger partial charge in [-0.25, -0.2) is 0 Å². The average Bonchev–Trinajstić information content (AvgIpc) is 2.47. The maximum Gasteiger partial charge on any atom is 0.235 e. The molecule has 1 aliphatic rings. The van der Waals surface area contributed by atoms with Crippen LogP contribution in [0.3, 0.4) is 0 Å². The first-order chi connectivity index (χ1) is 9.18. The molecule has 2 rings (SSSR count). The second-order valence-corrected chi connectivity index (χ2v) is 6.73. The van der Waals surface area contributed by atoms with Gasteiger partial charge in [0.1, 0.15) is 0 Å². The quantitative estimate of drug-likeness (QED) is 0.776. The van der Waals surface area contributed by atoms with Gasteiger partial charge in [-0.05, 0) is 31.9 Å². The zero-order valence-electron chi connectivity index (χ0n) is 11.8. The van der Waals surface area contributed by atoms with E-state index in [0.29, 0.717) is 6.04 Å². The van der Waals surface area contributed by atoms with Crippen LogP contribution in [0, 0.1) is 0 Å². The standard InChI is InChI=1S/C16H23NOS/c1-13(19-15-11-7-4-8-12-15)16(18)17(2)14-9-5-3-6-10-14/h4,7-8,11-14H,3,5-6,9-10H2,1-2H3. The number of rotatable bonds is 4. The summed E-state index contributed by atoms with van der Waals surface area (Å²) in [6, 6.07) is 10.6. The highest BCUT2D eigenvalue weighted by Gasteiger charge is 2.25. The second-order valence-electron chi connectivity index (χ2n) is 5.31. The Bertz CT molecular complexity index is 400. The molecular weight excluding hydrogens is 254 g/mol. The first kappa shape index (κ1) is 14.4. The predicted octanol–water partition coefficient (Wildman–Crippen LogP) is 3.96. The molecule has 0 aliphatic heterocycles. The third-order valence-electron chi connectivity index (χ3n) is 3.87. The van der Waals surface area contributed by atoms with Crippen molar-refractivity contribution in [1.82, 2.24) is 4.90 Å². The molecule has 0 aromatic heterocycles. The molecule has 0 bridgehead atoms. The van der Waals surface area contributed by atoms with Gasteiger partial charge in [0, 0.05) is 18.0 Å². The summed E-state index contributed by atoms with van der Waals surface area (Å²) in [5.41, 5.74) is 0. The van der Waals surface area contributed by atoms with Crippen LogP contribution in [0.25, 0.3) is 0 Å². The zero-order chi connectivity index (χ0) is 13.7. The summed E-state index contributed by atoms with van der Waals surface area (Å²) < 4.78 is 0. The van der Waals surface area contributed by atoms with Gasteiger partial charge in [-0.1, -0.05) is 37.5 Å². The van der Waals surface area contributed by atoms with Crippen molar-refractivity contribution in [2.75, 3.05) is 7.05 Å². The van der Waals surface area contributed by atoms with E-state index in [1.54, 1.807) is 11.8 Å². The topological polar surface area (TPSA) is 20.3 Å². The largest absolute Gasteiger partial charge is 0.342 e. The van der Waals surface area contributed by atoms with Gasteiger partial charge in [0.2, 0.25) is 5.91 Å². The molecule has 0 radical (unpaired) electrons. The lowest BCUT2D eigenvalue weighted by Gasteiger charge is -2.32. The predicted molar refractivity (Wildman–Crippen MR) is 81.4 cm³/mol. The van der Waals surface area contributed by atoms with E-state index in [2.05, 4.69) is 12.1 Å². The molecule has 0 spiro atoms. The van der Waals surface area contributed by atoms with Crippen molar-refractivity contribution < 1.29 is 4.79 Å². The Morgan fingerprint density at radius 1 is 1.21 bits per heavy atom. The van der Waals surface area contributed by atoms with Crippen molar-refractivity contribution >= 4 is 17.7 Å². The molecule has 1 fully saturated rings. The lowest BCUT2D eigenvalue weighted by atomic mass is 9.94. The summed E-state index contributed by atoms with van der Waals surface area (Å²) in [6.07, 6.45) is 6.20. The highest BCUT2D eigenvalue weighted by Crippen LogP contribution is 2.27. The molecule has 0 N–H and O–H groups in total. The van der Waals surface area contributed by atoms with Gasteiger partial charge in [0.05, 0.1) is 5.25 Å². The Labute approximate surface area is 120 Å². The SMILES string of the molecule is CC(Sc1ccccc1)C(=O)N(C)C1CCCCC1. The van der Waals surface area contributed by atoms with Crippen molar-refractivity contribution in [3.8, 4) is 0 Å². The molecule has 1 amide bonds. The van der Waals surface area contributed by atoms with E-state index in [1.165, 1.54) is 37.0 Å². The smallest absolute Gasteiger partial charge is 0.235 e. The summed E-state index contributed by atoms with van der Waals surface area (Å²) in [7, 11) is 1.97. The molecule has 1 aromatic carbocycles. The summed E-state index contributed by atoms with van der Waals surface area (Å²) in [4.78, 5) is 15.6. The normalized spacial score (nSPS) is 18.0. The second kappa shape index (κ2) is 6.99. The lowest BCUT2D eigenvalue weighted by Crippen LogP contribution is -2.42. The van der Waals surface area contributed by atoms with E-state index in [1.807, 2.05) is 37.1 Å². The minimum absolute atomic E-state index is 0.00525. The molecule has 1 aromatic rings. The number of amides is 1. The molecule has 2 nitrogen and oxygen atoms in total. The number of carbonyl (C=O) groups excluding carboxylic acids is 1. The van der Waals surface area contributed by atoms with Crippen molar-refractivity contribution in [1.29, 1.82) is 0 Å². The average molecular weight is 277 g/mol. The first-order valence-electron chi connectivity index (χ1n) is 7.17. The summed E-state index contributed by atoms with van der Waals surface area (Å²) in [5.74, 6) is 0.265. The van der Waals surface area contributed by atoms with Crippen LogP contribution in [0.5, 0.6) is 0 Å². The van der Waals surface area contributed by atoms with Crippen molar-refractivity contribution in [2.24, 2.45) is 0 Å². The van der Waals surface area contributed by atoms with Crippen molar-refractivity contribution in [2.45, 2.75) is 55.2 Å². The number of carbonyl (C=O) groups is 1. The van der Waals surface area contributed by atoms with Crippen LogP contribution < -0.4 is 0 Å². The molecule has 1 aliphatic carbocycles. The number of benzene rings is 1. The monoisotopic (exact) mass is 277 g/mol. The van der Waals surface area contributed by atoms with Gasteiger partial charge in [-0.2, -0.15) is 0 Å². The third kappa shape index (κ3) is 4.00. The third-order valence-corrected chi connectivity index (χ3v) is 4.97. The Balaban J connectivity index is 1.90. The van der Waals surface area contributed by atoms with Crippen LogP contribution in [-0.4, -0.2) is 29.1 Å². The fraction of sp³-hybridized carbons (Fsp3) is 0.562. The van der Waals surface area contributed by atoms with Crippen LogP contribution in [0.4, 0.5) is 0 Å². The number of hydrogen-bond donors (Lipinski definition) is 0. The minimum atomic E-state index is -0.00525. The molecule has 1 unspecified atom stereocenters. The van der Waals surface area contributed by atoms with Gasteiger partial charge in [0.25, 0.3) is 0 Å². The molecule has 3 heteroatoms. The minimum Gasteiger partial charge on any atom is -0.342 e. The van der Waals surface area contributed by atoms with E-state index in [-0.39, 0.29) is 11.2 Å². The van der Waals surface area contributed by atoms with E-state index in [4.69, 9.17) is 0 Å². The van der Waals surface area contributed by atoms with Gasteiger partial charge in [-0.15, -0.1) is 11.8 Å². The Hall–Kier alpha value is -0.960. The van der Waals surface area contributed by atoms with E-state index in [0.717, 1.165) is 0 Å². The van der Waals surface area contributed by atoms with Gasteiger partial charge in [-0.3, -0.25) is 4.79 Å². The summed E-state index contributed by atoms with van der Waals surface area (Å²) >= 11 is 1.65. The van der Waals surface area contributed by atoms with Gasteiger partial charge >= 0.3 is 0 Å². The van der Waals surface area contributed by atoms with E-state index in [9.17, 15) is 4.79 Å². The van der Waals surface area contributed by atoms with Crippen molar-refractivity contribution in [3.05, 3.63) is 30.3 Å². The zero-order valence-corrected chi connectivity index (χ0v) is 12.7. The highest BCUT2D eigenvalue weighted by atomic mass is 32.2. The number of nitrogens with zero attached hydrogens (tertiary/aromatic N) is 1. The summed E-state index contributed by atoms with van der Waals surface area (Å²) in [5, 5.41) is -0.00525. The Morgan fingerprint density at radius 2 is 1.84 bits per heavy atom. The molecule has 0 heterocycles. The first-order valence-corrected chi connectivity index (χ1v) is 8.05. The van der Waals surface area contributed by atoms with E-state index < -0.39 is 0 Å². The van der Waals surface area contributed by atoms with Crippen LogP contribution in [-0.2, 0) is 4.79 Å². The fourth-order valence-electron chi connectivity index (χ4n) is 2.69. The van der Waals surface area contributed by atoms with Gasteiger partial charge in [0.15, 0.2) is 0 Å². The maximum atomic E-state index is 12.5. The molecule has 104 valence electrons. The van der Waals surface area contributed by atoms with E-state index >= 15 is 0 Å². The lowest BCUT2D eigenvalue weighted by molar-refractivity contribution is -0.131. The van der Waals surface area contributed by atoms with Crippen LogP contribution in [0.1, 0.15) is 39.0 Å². The Kier molecular flexibility index (Phi) is 5.32. The molecule has 1 saturated carbocycles. The van der Waals surface area contributed by atoms with Crippen LogP contribution in [0.15, 0.2) is 35.2 Å². The molecule has 19 heavy (non-hydrogen) atoms. The number of thioether (sulfide) groups is 1. The van der Waals surface area contributed by atoms with Gasteiger partial charge < -0.3 is 4.90 Å². The van der Waals surface area contributed by atoms with Crippen LogP contribution >= 0.6 is 11.8 Å². The fourth-order valence-corrected chi connectivity index (χ4v) is 3.68. The van der Waals surface area contributed by atoms with Crippen LogP contribution in [0.2, 0.25) is 0 Å². The molecule has 1 atom stereocenters. The number of hydrogen-bond acceptors (Lipinski definition) is 2. The van der Waals surface area contributed by atoms with Crippen molar-refractivity contribution in [3.63, 3.8) is 0 Å².